The van der Waals surface area contributed by atoms with Gasteiger partial charge in [0.25, 0.3) is 0 Å². The molecule has 0 fully saturated rings. The molecule has 1 heterocycles. The van der Waals surface area contributed by atoms with Crippen molar-refractivity contribution in [2.24, 2.45) is 0 Å². The van der Waals surface area contributed by atoms with Crippen LogP contribution in [0, 0.1) is 0 Å². The molecule has 1 aliphatic heterocycles. The topological polar surface area (TPSA) is 6.48 Å². The third kappa shape index (κ3) is 13.1. The summed E-state index contributed by atoms with van der Waals surface area (Å²) in [6.07, 6.45) is 36.5. The van der Waals surface area contributed by atoms with E-state index in [1.54, 1.807) is 0 Å². The standard InChI is InChI=1S/C44H72N2/c1-4-7-9-11-13-14-15-16-17-18-19-20-21-23-31-37-46-39-38-45(36-30-22-12-10-8-5-2)44(46,40-41-32-26-24-27-33-41)43(6-3)42-34-28-25-29-35-42/h24-29,32-35,38-39,43H,4-23,30-31,36-37,40H2,1-3H3. The van der Waals surface area contributed by atoms with Crippen molar-refractivity contribution in [2.45, 2.75) is 180 Å². The molecule has 2 heteroatoms. The lowest BCUT2D eigenvalue weighted by molar-refractivity contribution is -0.00378. The predicted octanol–water partition coefficient (Wildman–Crippen LogP) is 13.4. The minimum absolute atomic E-state index is 0.0587. The fourth-order valence-electron chi connectivity index (χ4n) is 7.97. The molecule has 0 aliphatic carbocycles. The molecular formula is C44H72N2. The van der Waals surface area contributed by atoms with Gasteiger partial charge in [-0.15, -0.1) is 0 Å². The van der Waals surface area contributed by atoms with Gasteiger partial charge in [0.1, 0.15) is 5.66 Å². The van der Waals surface area contributed by atoms with Gasteiger partial charge in [-0.05, 0) is 30.4 Å². The molecule has 0 aromatic heterocycles. The summed E-state index contributed by atoms with van der Waals surface area (Å²) in [5, 5.41) is 0. The van der Waals surface area contributed by atoms with Crippen LogP contribution >= 0.6 is 0 Å². The Morgan fingerprint density at radius 3 is 1.22 bits per heavy atom. The van der Waals surface area contributed by atoms with Crippen LogP contribution in [0.5, 0.6) is 0 Å². The molecule has 258 valence electrons. The van der Waals surface area contributed by atoms with Gasteiger partial charge in [0.2, 0.25) is 0 Å². The molecule has 0 N–H and O–H groups in total. The lowest BCUT2D eigenvalue weighted by Gasteiger charge is -2.51. The van der Waals surface area contributed by atoms with Crippen LogP contribution in [0.4, 0.5) is 0 Å². The Bertz CT molecular complexity index is 1000. The summed E-state index contributed by atoms with van der Waals surface area (Å²) in [5.74, 6) is 0.445. The Hall–Kier alpha value is -2.22. The van der Waals surface area contributed by atoms with Crippen LogP contribution in [0.3, 0.4) is 0 Å². The molecule has 2 nitrogen and oxygen atoms in total. The number of nitrogens with zero attached hydrogens (tertiary/aromatic N) is 2. The highest BCUT2D eigenvalue weighted by atomic mass is 15.4. The highest BCUT2D eigenvalue weighted by Gasteiger charge is 2.49. The third-order valence-electron chi connectivity index (χ3n) is 10.7. The molecule has 1 aliphatic rings. The van der Waals surface area contributed by atoms with Crippen LogP contribution in [0.2, 0.25) is 0 Å². The summed E-state index contributed by atoms with van der Waals surface area (Å²) >= 11 is 0. The van der Waals surface area contributed by atoms with Gasteiger partial charge in [-0.3, -0.25) is 0 Å². The number of benzene rings is 2. The van der Waals surface area contributed by atoms with Crippen molar-refractivity contribution in [3.05, 3.63) is 84.2 Å². The first-order chi connectivity index (χ1) is 22.8. The number of rotatable bonds is 28. The number of unbranched alkanes of at least 4 members (excludes halogenated alkanes) is 19. The molecule has 2 aromatic rings. The van der Waals surface area contributed by atoms with Crippen LogP contribution in [0.25, 0.3) is 0 Å². The molecule has 0 amide bonds. The second kappa shape index (κ2) is 24.0. The first-order valence-electron chi connectivity index (χ1n) is 20.1. The average molecular weight is 629 g/mol. The van der Waals surface area contributed by atoms with Crippen LogP contribution in [-0.4, -0.2) is 28.6 Å². The number of hydrogen-bond donors (Lipinski definition) is 0. The van der Waals surface area contributed by atoms with Crippen molar-refractivity contribution in [1.29, 1.82) is 0 Å². The van der Waals surface area contributed by atoms with E-state index in [9.17, 15) is 0 Å². The van der Waals surface area contributed by atoms with Crippen LogP contribution in [0.15, 0.2) is 73.1 Å². The summed E-state index contributed by atoms with van der Waals surface area (Å²) in [7, 11) is 0. The molecule has 0 saturated carbocycles. The highest BCUT2D eigenvalue weighted by molar-refractivity contribution is 5.30. The van der Waals surface area contributed by atoms with Gasteiger partial charge in [0.15, 0.2) is 0 Å². The maximum atomic E-state index is 2.78. The largest absolute Gasteiger partial charge is 0.353 e. The summed E-state index contributed by atoms with van der Waals surface area (Å²) < 4.78 is 0. The van der Waals surface area contributed by atoms with Crippen LogP contribution in [-0.2, 0) is 6.42 Å². The van der Waals surface area contributed by atoms with E-state index in [0.29, 0.717) is 5.92 Å². The normalized spacial score (nSPS) is 16.8. The van der Waals surface area contributed by atoms with E-state index in [1.807, 2.05) is 0 Å². The summed E-state index contributed by atoms with van der Waals surface area (Å²) in [6.45, 7) is 9.33. The van der Waals surface area contributed by atoms with Crippen molar-refractivity contribution >= 4 is 0 Å². The molecular weight excluding hydrogens is 556 g/mol. The zero-order valence-corrected chi connectivity index (χ0v) is 30.6. The van der Waals surface area contributed by atoms with Gasteiger partial charge in [0.05, 0.1) is 0 Å². The van der Waals surface area contributed by atoms with Gasteiger partial charge in [-0.2, -0.15) is 0 Å². The highest BCUT2D eigenvalue weighted by Crippen LogP contribution is 2.45. The molecule has 2 unspecified atom stereocenters. The van der Waals surface area contributed by atoms with Gasteiger partial charge in [-0.25, -0.2) is 0 Å². The maximum absolute atomic E-state index is 2.78. The van der Waals surface area contributed by atoms with E-state index in [1.165, 1.54) is 146 Å². The fraction of sp³-hybridized carbons (Fsp3) is 0.682. The van der Waals surface area contributed by atoms with Gasteiger partial charge in [-0.1, -0.05) is 203 Å². The van der Waals surface area contributed by atoms with E-state index >= 15 is 0 Å². The Morgan fingerprint density at radius 2 is 0.826 bits per heavy atom. The first kappa shape index (κ1) is 38.2. The SMILES string of the molecule is CCCCCCCCCCCCCCCCCN1C=CN(CCCCCCCC)C1(Cc1ccccc1)C(CC)c1ccccc1. The van der Waals surface area contributed by atoms with Crippen LogP contribution in [0.1, 0.15) is 179 Å². The van der Waals surface area contributed by atoms with Crippen molar-refractivity contribution < 1.29 is 0 Å². The van der Waals surface area contributed by atoms with Gasteiger partial charge >= 0.3 is 0 Å². The quantitative estimate of drug-likeness (QED) is 0.0865. The first-order valence-corrected chi connectivity index (χ1v) is 20.1. The third-order valence-corrected chi connectivity index (χ3v) is 10.7. The fourth-order valence-corrected chi connectivity index (χ4v) is 7.97. The lowest BCUT2D eigenvalue weighted by atomic mass is 9.78. The van der Waals surface area contributed by atoms with Crippen molar-refractivity contribution in [3.63, 3.8) is 0 Å². The molecule has 0 spiro atoms. The molecule has 0 saturated heterocycles. The Labute approximate surface area is 286 Å². The Kier molecular flexibility index (Phi) is 19.9. The second-order valence-corrected chi connectivity index (χ2v) is 14.3. The minimum Gasteiger partial charge on any atom is -0.353 e. The molecule has 0 radical (unpaired) electrons. The Morgan fingerprint density at radius 1 is 0.457 bits per heavy atom. The molecule has 3 rings (SSSR count). The van der Waals surface area contributed by atoms with Crippen molar-refractivity contribution in [1.82, 2.24) is 9.80 Å². The molecule has 46 heavy (non-hydrogen) atoms. The zero-order chi connectivity index (χ0) is 32.5. The monoisotopic (exact) mass is 629 g/mol. The van der Waals surface area contributed by atoms with Gasteiger partial charge in [0, 0.05) is 37.8 Å². The van der Waals surface area contributed by atoms with E-state index < -0.39 is 0 Å². The van der Waals surface area contributed by atoms with E-state index in [4.69, 9.17) is 0 Å². The predicted molar refractivity (Wildman–Crippen MR) is 203 cm³/mol. The zero-order valence-electron chi connectivity index (χ0n) is 30.6. The lowest BCUT2D eigenvalue weighted by Crippen LogP contribution is -2.59. The number of hydrogen-bond acceptors (Lipinski definition) is 2. The van der Waals surface area contributed by atoms with Crippen molar-refractivity contribution in [3.8, 4) is 0 Å². The smallest absolute Gasteiger partial charge is 0.123 e. The van der Waals surface area contributed by atoms with E-state index in [0.717, 1.165) is 25.9 Å². The average Bonchev–Trinajstić information content (AvgIpc) is 3.42. The summed E-state index contributed by atoms with van der Waals surface area (Å²) in [4.78, 5) is 5.55. The van der Waals surface area contributed by atoms with Crippen LogP contribution < -0.4 is 0 Å². The summed E-state index contributed by atoms with van der Waals surface area (Å²) in [5.41, 5.74) is 2.88. The Balaban J connectivity index is 1.56. The van der Waals surface area contributed by atoms with Crippen molar-refractivity contribution in [2.75, 3.05) is 13.1 Å². The maximum Gasteiger partial charge on any atom is 0.123 e. The molecule has 0 bridgehead atoms. The van der Waals surface area contributed by atoms with E-state index in [-0.39, 0.29) is 5.66 Å². The molecule has 2 aromatic carbocycles. The minimum atomic E-state index is -0.0587. The van der Waals surface area contributed by atoms with E-state index in [2.05, 4.69) is 104 Å². The molecule has 2 atom stereocenters. The second-order valence-electron chi connectivity index (χ2n) is 14.3. The summed E-state index contributed by atoms with van der Waals surface area (Å²) in [6, 6.07) is 22.8. The van der Waals surface area contributed by atoms with Gasteiger partial charge < -0.3 is 9.80 Å².